The van der Waals surface area contributed by atoms with Crippen LogP contribution in [0.3, 0.4) is 0 Å². The van der Waals surface area contributed by atoms with E-state index < -0.39 is 7.12 Å². The van der Waals surface area contributed by atoms with Gasteiger partial charge in [-0.25, -0.2) is 19.7 Å². The number of hydrogen-bond acceptors (Lipinski definition) is 6. The first kappa shape index (κ1) is 72.1. The number of thiophene rings is 2. The maximum absolute atomic E-state index is 7.66. The van der Waals surface area contributed by atoms with Crippen molar-refractivity contribution in [3.63, 3.8) is 0 Å². The summed E-state index contributed by atoms with van der Waals surface area (Å²) in [6.07, 6.45) is 0. The Morgan fingerprint density at radius 3 is 1.11 bits per heavy atom. The van der Waals surface area contributed by atoms with E-state index in [1.54, 1.807) is 0 Å². The van der Waals surface area contributed by atoms with Crippen LogP contribution in [0.5, 0.6) is 0 Å². The summed E-state index contributed by atoms with van der Waals surface area (Å²) in [6, 6.07) is 124. The van der Waals surface area contributed by atoms with Crippen LogP contribution < -0.4 is 5.46 Å². The average Bonchev–Trinajstić information content (AvgIpc) is 1.19. The SMILES string of the molecule is CC1(C)OB(c2ccc3c(c2)nc(-c2ccccc2)c2ccc4c5ccccc5sc4c23)OC1(C)C.[C-]#[N+]c1ccc2c(c1)c1cc(-c3ccc(-c4ccc5c(c4)nc(-c4ccccc4)c4ccc6c7ccccc7sc6c45)cc3)ccc1n2-c1ccccc1.[C-]#[N+]c1ccc2c(c1)c1cc(-c3ccc(Br)cc3)ccc1n2-c1ccccc1. The number of aromatic nitrogens is 4. The van der Waals surface area contributed by atoms with Gasteiger partial charge in [-0.1, -0.05) is 259 Å². The highest BCUT2D eigenvalue weighted by molar-refractivity contribution is 9.10. The first-order valence-electron chi connectivity index (χ1n) is 39.5. The van der Waals surface area contributed by atoms with Crippen molar-refractivity contribution in [3.8, 4) is 67.3 Å². The lowest BCUT2D eigenvalue weighted by Gasteiger charge is -2.32. The van der Waals surface area contributed by atoms with E-state index in [9.17, 15) is 0 Å². The monoisotopic (exact) mass is 1610 g/mol. The summed E-state index contributed by atoms with van der Waals surface area (Å²) < 4.78 is 23.6. The summed E-state index contributed by atoms with van der Waals surface area (Å²) in [6.45, 7) is 23.4. The van der Waals surface area contributed by atoms with Gasteiger partial charge in [-0.3, -0.25) is 0 Å². The molecule has 1 aliphatic rings. The molecule has 8 nitrogen and oxygen atoms in total. The van der Waals surface area contributed by atoms with Gasteiger partial charge in [-0.2, -0.15) is 0 Å². The number of fused-ring (bicyclic) bond motifs is 20. The normalized spacial score (nSPS) is 13.2. The van der Waals surface area contributed by atoms with Gasteiger partial charge in [-0.15, -0.1) is 22.7 Å². The van der Waals surface area contributed by atoms with Crippen LogP contribution in [0.1, 0.15) is 27.7 Å². The number of benzene rings is 16. The van der Waals surface area contributed by atoms with Crippen molar-refractivity contribution >= 4 is 190 Å². The fraction of sp³-hybridized carbons (Fsp3) is 0.0566. The minimum atomic E-state index is -0.419. The molecule has 23 rings (SSSR count). The van der Waals surface area contributed by atoms with Crippen LogP contribution in [0.4, 0.5) is 11.4 Å². The average molecular weight is 1610 g/mol. The van der Waals surface area contributed by atoms with Crippen LogP contribution in [0.15, 0.2) is 356 Å². The molecule has 558 valence electrons. The largest absolute Gasteiger partial charge is 0.494 e. The molecular weight excluding hydrogens is 1540 g/mol. The third kappa shape index (κ3) is 12.4. The Hall–Kier alpha value is -13.7. The molecule has 1 fully saturated rings. The predicted molar refractivity (Wildman–Crippen MR) is 503 cm³/mol. The first-order chi connectivity index (χ1) is 57.8. The molecule has 0 aliphatic carbocycles. The summed E-state index contributed by atoms with van der Waals surface area (Å²) >= 11 is 7.24. The molecule has 0 bridgehead atoms. The number of nitrogens with zero attached hydrogens (tertiary/aromatic N) is 6. The Labute approximate surface area is 698 Å². The van der Waals surface area contributed by atoms with Crippen LogP contribution >= 0.6 is 38.6 Å². The highest BCUT2D eigenvalue weighted by Gasteiger charge is 2.52. The molecule has 0 radical (unpaired) electrons. The molecule has 118 heavy (non-hydrogen) atoms. The Kier molecular flexibility index (Phi) is 17.7. The van der Waals surface area contributed by atoms with Crippen molar-refractivity contribution in [1.29, 1.82) is 0 Å². The van der Waals surface area contributed by atoms with Crippen molar-refractivity contribution < 1.29 is 9.31 Å². The molecule has 7 heterocycles. The van der Waals surface area contributed by atoms with Gasteiger partial charge in [0.2, 0.25) is 0 Å². The number of halogens is 1. The topological polar surface area (TPSA) is 62.8 Å². The van der Waals surface area contributed by atoms with Crippen molar-refractivity contribution in [3.05, 3.63) is 379 Å². The van der Waals surface area contributed by atoms with Crippen molar-refractivity contribution in [2.24, 2.45) is 0 Å². The van der Waals surface area contributed by atoms with Gasteiger partial charge in [0.15, 0.2) is 11.4 Å². The van der Waals surface area contributed by atoms with Gasteiger partial charge < -0.3 is 18.4 Å². The van der Waals surface area contributed by atoms with Gasteiger partial charge in [0, 0.05) is 110 Å². The molecule has 0 saturated carbocycles. The minimum absolute atomic E-state index is 0.387. The van der Waals surface area contributed by atoms with E-state index in [1.165, 1.54) is 78.4 Å². The van der Waals surface area contributed by atoms with E-state index in [2.05, 4.69) is 372 Å². The zero-order valence-electron chi connectivity index (χ0n) is 64.8. The predicted octanol–water partition coefficient (Wildman–Crippen LogP) is 29.9. The van der Waals surface area contributed by atoms with E-state index >= 15 is 0 Å². The van der Waals surface area contributed by atoms with Gasteiger partial charge >= 0.3 is 7.12 Å². The van der Waals surface area contributed by atoms with Crippen LogP contribution in [-0.4, -0.2) is 37.4 Å². The third-order valence-electron chi connectivity index (χ3n) is 23.8. The number of para-hydroxylation sites is 2. The van der Waals surface area contributed by atoms with E-state index in [0.717, 1.165) is 126 Å². The fourth-order valence-corrected chi connectivity index (χ4v) is 20.0. The molecule has 16 aromatic carbocycles. The van der Waals surface area contributed by atoms with E-state index in [-0.39, 0.29) is 11.2 Å². The zero-order chi connectivity index (χ0) is 79.5. The number of hydrogen-bond donors (Lipinski definition) is 0. The Balaban J connectivity index is 0.000000117. The molecule has 0 atom stereocenters. The van der Waals surface area contributed by atoms with Crippen molar-refractivity contribution in [2.75, 3.05) is 0 Å². The second-order valence-corrected chi connectivity index (χ2v) is 34.2. The van der Waals surface area contributed by atoms with E-state index in [0.29, 0.717) is 11.4 Å². The second-order valence-electron chi connectivity index (χ2n) is 31.2. The lowest BCUT2D eigenvalue weighted by molar-refractivity contribution is 0.00578. The van der Waals surface area contributed by atoms with Crippen LogP contribution in [0.25, 0.3) is 204 Å². The maximum Gasteiger partial charge on any atom is 0.494 e. The molecular formula is C106H70BBrN6O2S2. The molecule has 1 aliphatic heterocycles. The molecule has 12 heteroatoms. The Bertz CT molecular complexity index is 7890. The lowest BCUT2D eigenvalue weighted by Crippen LogP contribution is -2.41. The van der Waals surface area contributed by atoms with Gasteiger partial charge in [0.25, 0.3) is 0 Å². The molecule has 1 saturated heterocycles. The third-order valence-corrected chi connectivity index (χ3v) is 26.7. The summed E-state index contributed by atoms with van der Waals surface area (Å²) in [5.74, 6) is 0. The Morgan fingerprint density at radius 1 is 0.314 bits per heavy atom. The maximum atomic E-state index is 7.66. The summed E-state index contributed by atoms with van der Waals surface area (Å²) in [4.78, 5) is 18.0. The van der Waals surface area contributed by atoms with Gasteiger partial charge in [-0.05, 0) is 187 Å². The molecule has 0 unspecified atom stereocenters. The van der Waals surface area contributed by atoms with Crippen LogP contribution in [0, 0.1) is 13.1 Å². The van der Waals surface area contributed by atoms with Crippen LogP contribution in [0.2, 0.25) is 0 Å². The summed E-state index contributed by atoms with van der Waals surface area (Å²) in [7, 11) is -0.419. The molecule has 0 spiro atoms. The number of rotatable bonds is 8. The van der Waals surface area contributed by atoms with E-state index in [4.69, 9.17) is 32.4 Å². The minimum Gasteiger partial charge on any atom is -0.399 e. The summed E-state index contributed by atoms with van der Waals surface area (Å²) in [5, 5.41) is 16.9. The fourth-order valence-electron chi connectivity index (χ4n) is 17.2. The van der Waals surface area contributed by atoms with Crippen molar-refractivity contribution in [1.82, 2.24) is 19.1 Å². The molecule has 0 amide bonds. The lowest BCUT2D eigenvalue weighted by atomic mass is 9.78. The van der Waals surface area contributed by atoms with Gasteiger partial charge in [0.1, 0.15) is 0 Å². The first-order valence-corrected chi connectivity index (χ1v) is 41.9. The highest BCUT2D eigenvalue weighted by atomic mass is 79.9. The number of pyridine rings is 2. The standard InChI is InChI=1S/C50H29N3S.C31H26BNO2S.C25H15BrN2/c1-51-36-22-27-46-43(30-36)42-28-34(21-26-45(42)53(46)37-12-6-3-7-13-37)31-16-18-32(19-17-31)35-20-23-40-44(29-35)52-49(33-10-4-2-5-11-33)41-25-24-39-38-14-8-9-15-47(38)54-50(39)48(40)41;1-30(2)31(3,4)35-32(34-30)20-14-15-23-25(18-20)33-28(19-10-6-5-7-11-19)24-17-16-22-21-12-8-9-13-26(21)36-29(22)27(23)24;1-27-20-12-14-25-23(16-20)22-15-18(17-7-10-19(26)11-8-17)9-13-24(22)28(25)21-5-3-2-4-6-21/h2-30H;5-18H,1-4H3;2-16H. The molecule has 0 N–H and O–H groups in total. The zero-order valence-corrected chi connectivity index (χ0v) is 68.0. The van der Waals surface area contributed by atoms with Crippen LogP contribution in [-0.2, 0) is 9.31 Å². The van der Waals surface area contributed by atoms with Gasteiger partial charge in [0.05, 0.1) is 68.8 Å². The smallest absolute Gasteiger partial charge is 0.399 e. The van der Waals surface area contributed by atoms with E-state index in [1.807, 2.05) is 65.1 Å². The molecule has 6 aromatic heterocycles. The van der Waals surface area contributed by atoms with Crippen molar-refractivity contribution in [2.45, 2.75) is 38.9 Å². The molecule has 22 aromatic rings. The summed E-state index contributed by atoms with van der Waals surface area (Å²) in [5.41, 5.74) is 21.3. The Morgan fingerprint density at radius 2 is 0.661 bits per heavy atom. The quantitative estimate of drug-likeness (QED) is 0.0864. The second kappa shape index (κ2) is 29.0. The highest BCUT2D eigenvalue weighted by Crippen LogP contribution is 2.48.